The summed E-state index contributed by atoms with van der Waals surface area (Å²) < 4.78 is 32.5. The third-order valence-electron chi connectivity index (χ3n) is 7.10. The summed E-state index contributed by atoms with van der Waals surface area (Å²) in [6, 6.07) is 9.60. The van der Waals surface area contributed by atoms with Crippen molar-refractivity contribution in [3.05, 3.63) is 51.6 Å². The highest BCUT2D eigenvalue weighted by molar-refractivity contribution is 5.66. The van der Waals surface area contributed by atoms with Gasteiger partial charge in [-0.3, -0.25) is 14.9 Å². The fourth-order valence-corrected chi connectivity index (χ4v) is 4.86. The predicted molar refractivity (Wildman–Crippen MR) is 147 cm³/mol. The van der Waals surface area contributed by atoms with Crippen LogP contribution in [0.1, 0.15) is 44.7 Å². The van der Waals surface area contributed by atoms with Crippen LogP contribution in [0.5, 0.6) is 28.7 Å². The second kappa shape index (κ2) is 14.3. The minimum atomic E-state index is -1.27. The maximum atomic E-state index is 12.3. The SMILES string of the molecule is COc1ccc(CC(C(CCC(C#N)(c2cc(OC)c(OC)c(OC)c2)C(C)C)OC(C)=O)[N+](=O)[O-])cc1OC. The van der Waals surface area contributed by atoms with Crippen molar-refractivity contribution < 1.29 is 38.1 Å². The fourth-order valence-electron chi connectivity index (χ4n) is 4.86. The summed E-state index contributed by atoms with van der Waals surface area (Å²) in [4.78, 5) is 23.9. The van der Waals surface area contributed by atoms with E-state index in [0.717, 1.165) is 0 Å². The lowest BCUT2D eigenvalue weighted by Gasteiger charge is -2.33. The number of nitro groups is 1. The van der Waals surface area contributed by atoms with Crippen LogP contribution in [-0.2, 0) is 21.4 Å². The van der Waals surface area contributed by atoms with Crippen molar-refractivity contribution in [1.82, 2.24) is 0 Å². The van der Waals surface area contributed by atoms with Gasteiger partial charge >= 0.3 is 5.97 Å². The third kappa shape index (κ3) is 7.05. The highest BCUT2D eigenvalue weighted by Crippen LogP contribution is 2.45. The Hall–Kier alpha value is -4.20. The first kappa shape index (κ1) is 32.0. The van der Waals surface area contributed by atoms with Crippen LogP contribution in [0.4, 0.5) is 0 Å². The van der Waals surface area contributed by atoms with Crippen LogP contribution in [-0.4, -0.2) is 58.6 Å². The van der Waals surface area contributed by atoms with Gasteiger partial charge in [0, 0.05) is 18.3 Å². The molecule has 2 rings (SSSR count). The number of ether oxygens (including phenoxy) is 6. The van der Waals surface area contributed by atoms with Crippen molar-refractivity contribution in [3.8, 4) is 34.8 Å². The predicted octanol–water partition coefficient (Wildman–Crippen LogP) is 4.75. The van der Waals surface area contributed by atoms with Crippen LogP contribution in [0.3, 0.4) is 0 Å². The van der Waals surface area contributed by atoms with Crippen molar-refractivity contribution >= 4 is 5.97 Å². The van der Waals surface area contributed by atoms with Crippen LogP contribution in [0.25, 0.3) is 0 Å². The molecule has 3 unspecified atom stereocenters. The number of nitrogens with zero attached hydrogens (tertiary/aromatic N) is 2. The van der Waals surface area contributed by atoms with Gasteiger partial charge in [0.1, 0.15) is 0 Å². The molecule has 0 saturated carbocycles. The number of benzene rings is 2. The lowest BCUT2D eigenvalue weighted by atomic mass is 9.69. The number of methoxy groups -OCH3 is 5. The van der Waals surface area contributed by atoms with Crippen molar-refractivity contribution in [1.29, 1.82) is 5.26 Å². The van der Waals surface area contributed by atoms with Crippen molar-refractivity contribution in [2.45, 2.75) is 57.6 Å². The van der Waals surface area contributed by atoms with Crippen molar-refractivity contribution in [2.24, 2.45) is 5.92 Å². The van der Waals surface area contributed by atoms with Crippen molar-refractivity contribution in [2.75, 3.05) is 35.5 Å². The molecule has 0 aliphatic rings. The van der Waals surface area contributed by atoms with Gasteiger partial charge in [0.15, 0.2) is 29.1 Å². The van der Waals surface area contributed by atoms with Crippen LogP contribution < -0.4 is 23.7 Å². The molecule has 0 bridgehead atoms. The minimum absolute atomic E-state index is 0.0310. The second-order valence-electron chi connectivity index (χ2n) is 9.58. The fraction of sp³-hybridized carbons (Fsp3) is 0.517. The van der Waals surface area contributed by atoms with Gasteiger partial charge in [-0.2, -0.15) is 5.26 Å². The summed E-state index contributed by atoms with van der Waals surface area (Å²) in [7, 11) is 7.43. The summed E-state index contributed by atoms with van der Waals surface area (Å²) in [5.74, 6) is 1.18. The first-order valence-corrected chi connectivity index (χ1v) is 12.7. The van der Waals surface area contributed by atoms with E-state index in [2.05, 4.69) is 6.07 Å². The van der Waals surface area contributed by atoms with Gasteiger partial charge in [-0.05, 0) is 54.2 Å². The molecule has 40 heavy (non-hydrogen) atoms. The molecule has 0 heterocycles. The quantitative estimate of drug-likeness (QED) is 0.171. The third-order valence-corrected chi connectivity index (χ3v) is 7.10. The first-order chi connectivity index (χ1) is 19.0. The summed E-state index contributed by atoms with van der Waals surface area (Å²) in [6.45, 7) is 4.99. The van der Waals surface area contributed by atoms with Gasteiger partial charge in [-0.15, -0.1) is 0 Å². The average Bonchev–Trinajstić information content (AvgIpc) is 2.94. The number of nitriles is 1. The number of hydrogen-bond donors (Lipinski definition) is 0. The van der Waals surface area contributed by atoms with E-state index in [1.807, 2.05) is 13.8 Å². The van der Waals surface area contributed by atoms with E-state index in [-0.39, 0.29) is 25.2 Å². The molecular weight excluding hydrogens is 520 g/mol. The van der Waals surface area contributed by atoms with E-state index < -0.39 is 28.5 Å². The Labute approximate surface area is 235 Å². The Bertz CT molecular complexity index is 1200. The monoisotopic (exact) mass is 558 g/mol. The van der Waals surface area contributed by atoms with Crippen LogP contribution in [0, 0.1) is 27.4 Å². The van der Waals surface area contributed by atoms with Crippen molar-refractivity contribution in [3.63, 3.8) is 0 Å². The molecule has 0 amide bonds. The van der Waals surface area contributed by atoms with Crippen LogP contribution in [0.2, 0.25) is 0 Å². The topological polar surface area (TPSA) is 139 Å². The maximum absolute atomic E-state index is 12.3. The molecule has 3 atom stereocenters. The maximum Gasteiger partial charge on any atom is 0.303 e. The van der Waals surface area contributed by atoms with Gasteiger partial charge in [0.2, 0.25) is 5.75 Å². The summed E-state index contributed by atoms with van der Waals surface area (Å²) >= 11 is 0. The molecule has 11 heteroatoms. The molecule has 0 N–H and O–H groups in total. The Morgan fingerprint density at radius 1 is 0.950 bits per heavy atom. The number of esters is 1. The Balaban J connectivity index is 2.52. The normalized spacial score (nSPS) is 13.8. The zero-order valence-corrected chi connectivity index (χ0v) is 24.3. The largest absolute Gasteiger partial charge is 0.493 e. The highest BCUT2D eigenvalue weighted by Gasteiger charge is 2.42. The molecule has 0 aliphatic heterocycles. The Kier molecular flexibility index (Phi) is 11.4. The molecular formula is C29H38N2O9. The van der Waals surface area contributed by atoms with E-state index >= 15 is 0 Å². The van der Waals surface area contributed by atoms with E-state index in [0.29, 0.717) is 39.9 Å². The molecule has 0 aromatic heterocycles. The molecule has 0 radical (unpaired) electrons. The van der Waals surface area contributed by atoms with Gasteiger partial charge < -0.3 is 28.4 Å². The van der Waals surface area contributed by atoms with Crippen LogP contribution >= 0.6 is 0 Å². The molecule has 2 aromatic carbocycles. The standard InChI is InChI=1S/C29H38N2O9/c1-18(2)29(17-30,21-15-26(37-6)28(39-8)27(16-21)38-7)12-11-23(40-19(3)32)22(31(33)34)13-20-9-10-24(35-4)25(14-20)36-5/h9-10,14-16,18,22-23H,11-13H2,1-8H3. The second-order valence-corrected chi connectivity index (χ2v) is 9.58. The Morgan fingerprint density at radius 2 is 1.52 bits per heavy atom. The van der Waals surface area contributed by atoms with Gasteiger partial charge in [0.05, 0.1) is 47.0 Å². The molecule has 2 aromatic rings. The highest BCUT2D eigenvalue weighted by atomic mass is 16.6. The van der Waals surface area contributed by atoms with Gasteiger partial charge in [-0.25, -0.2) is 0 Å². The molecule has 0 spiro atoms. The minimum Gasteiger partial charge on any atom is -0.493 e. The number of rotatable bonds is 15. The number of carbonyl (C=O) groups is 1. The lowest BCUT2D eigenvalue weighted by Crippen LogP contribution is -2.41. The zero-order valence-electron chi connectivity index (χ0n) is 24.3. The number of carbonyl (C=O) groups excluding carboxylic acids is 1. The molecule has 218 valence electrons. The average molecular weight is 559 g/mol. The van der Waals surface area contributed by atoms with E-state index in [1.165, 1.54) is 42.5 Å². The van der Waals surface area contributed by atoms with E-state index in [4.69, 9.17) is 28.4 Å². The smallest absolute Gasteiger partial charge is 0.303 e. The zero-order chi connectivity index (χ0) is 30.0. The first-order valence-electron chi connectivity index (χ1n) is 12.7. The molecule has 0 fully saturated rings. The molecule has 0 aliphatic carbocycles. The summed E-state index contributed by atoms with van der Waals surface area (Å²) in [6.07, 6.45) is -0.917. The molecule has 0 saturated heterocycles. The van der Waals surface area contributed by atoms with Crippen LogP contribution in [0.15, 0.2) is 30.3 Å². The number of hydrogen-bond acceptors (Lipinski definition) is 10. The summed E-state index contributed by atoms with van der Waals surface area (Å²) in [5.41, 5.74) is 0.0885. The Morgan fingerprint density at radius 3 is 1.95 bits per heavy atom. The van der Waals surface area contributed by atoms with Gasteiger partial charge in [-0.1, -0.05) is 19.9 Å². The van der Waals surface area contributed by atoms with E-state index in [9.17, 15) is 20.2 Å². The van der Waals surface area contributed by atoms with Gasteiger partial charge in [0.25, 0.3) is 6.04 Å². The molecule has 11 nitrogen and oxygen atoms in total. The van der Waals surface area contributed by atoms with E-state index in [1.54, 1.807) is 30.3 Å². The lowest BCUT2D eigenvalue weighted by molar-refractivity contribution is -0.533. The summed E-state index contributed by atoms with van der Waals surface area (Å²) in [5, 5.41) is 22.8.